The van der Waals surface area contributed by atoms with Gasteiger partial charge >= 0.3 is 0 Å². The summed E-state index contributed by atoms with van der Waals surface area (Å²) in [5.41, 5.74) is 1.20. The molecule has 0 aliphatic carbocycles. The van der Waals surface area contributed by atoms with Gasteiger partial charge in [0.25, 0.3) is 5.91 Å². The van der Waals surface area contributed by atoms with Crippen molar-refractivity contribution in [1.29, 1.82) is 0 Å². The van der Waals surface area contributed by atoms with Crippen LogP contribution in [0.1, 0.15) is 48.3 Å². The summed E-state index contributed by atoms with van der Waals surface area (Å²) in [5.74, 6) is 0.229. The molecule has 0 spiro atoms. The van der Waals surface area contributed by atoms with Gasteiger partial charge in [0.2, 0.25) is 11.8 Å². The smallest absolute Gasteiger partial charge is 0.273 e. The highest BCUT2D eigenvalue weighted by molar-refractivity contribution is 5.91. The van der Waals surface area contributed by atoms with Crippen molar-refractivity contribution in [2.24, 2.45) is 0 Å². The van der Waals surface area contributed by atoms with E-state index in [1.165, 1.54) is 6.26 Å². The first kappa shape index (κ1) is 22.0. The highest BCUT2D eigenvalue weighted by atomic mass is 16.5. The fourth-order valence-electron chi connectivity index (χ4n) is 3.45. The molecule has 1 saturated heterocycles. The lowest BCUT2D eigenvalue weighted by molar-refractivity contribution is -0.133. The Balaban J connectivity index is 1.63. The van der Waals surface area contributed by atoms with Crippen molar-refractivity contribution in [2.45, 2.75) is 45.4 Å². The number of carbonyl (C=O) groups excluding carboxylic acids is 2. The van der Waals surface area contributed by atoms with E-state index in [1.807, 2.05) is 34.7 Å². The Hall–Kier alpha value is -2.65. The van der Waals surface area contributed by atoms with Gasteiger partial charge in [-0.3, -0.25) is 9.59 Å². The van der Waals surface area contributed by atoms with Crippen molar-refractivity contribution in [2.75, 3.05) is 33.4 Å². The van der Waals surface area contributed by atoms with Crippen molar-refractivity contribution in [3.05, 3.63) is 41.9 Å². The molecule has 1 unspecified atom stereocenters. The van der Waals surface area contributed by atoms with Gasteiger partial charge < -0.3 is 28.7 Å². The molecule has 9 nitrogen and oxygen atoms in total. The molecule has 3 heterocycles. The Bertz CT molecular complexity index is 825. The number of aromatic nitrogens is 2. The van der Waals surface area contributed by atoms with E-state index in [2.05, 4.69) is 10.3 Å². The Morgan fingerprint density at radius 1 is 1.43 bits per heavy atom. The molecule has 0 aromatic carbocycles. The van der Waals surface area contributed by atoms with Gasteiger partial charge in [0, 0.05) is 45.1 Å². The van der Waals surface area contributed by atoms with Crippen molar-refractivity contribution in [3.63, 3.8) is 0 Å². The summed E-state index contributed by atoms with van der Waals surface area (Å²) in [4.78, 5) is 30.7. The summed E-state index contributed by atoms with van der Waals surface area (Å²) in [6.45, 7) is 4.94. The highest BCUT2D eigenvalue weighted by Gasteiger charge is 2.23. The number of carbonyl (C=O) groups is 2. The zero-order valence-electron chi connectivity index (χ0n) is 17.6. The van der Waals surface area contributed by atoms with Crippen molar-refractivity contribution < 1.29 is 23.5 Å². The minimum absolute atomic E-state index is 0.101. The predicted octanol–water partition coefficient (Wildman–Crippen LogP) is 1.82. The Kier molecular flexibility index (Phi) is 8.04. The maximum atomic E-state index is 12.5. The van der Waals surface area contributed by atoms with Crippen LogP contribution in [0, 0.1) is 0 Å². The number of amides is 2. The number of ether oxygens (including phenoxy) is 2. The first-order valence-electron chi connectivity index (χ1n) is 10.4. The molecule has 1 fully saturated rings. The van der Waals surface area contributed by atoms with Crippen LogP contribution in [-0.4, -0.2) is 65.8 Å². The predicted molar refractivity (Wildman–Crippen MR) is 109 cm³/mol. The van der Waals surface area contributed by atoms with Crippen LogP contribution in [0.15, 0.2) is 29.0 Å². The first-order valence-corrected chi connectivity index (χ1v) is 10.4. The molecule has 0 saturated carbocycles. The summed E-state index contributed by atoms with van der Waals surface area (Å²) in [6.07, 6.45) is 5.86. The van der Waals surface area contributed by atoms with Gasteiger partial charge in [0.15, 0.2) is 5.69 Å². The summed E-state index contributed by atoms with van der Waals surface area (Å²) in [7, 11) is 1.57. The Labute approximate surface area is 176 Å². The van der Waals surface area contributed by atoms with Crippen LogP contribution in [0.4, 0.5) is 0 Å². The number of methoxy groups -OCH3 is 1. The lowest BCUT2D eigenvalue weighted by Gasteiger charge is -2.25. The molecule has 164 valence electrons. The van der Waals surface area contributed by atoms with Crippen LogP contribution in [-0.2, 0) is 27.4 Å². The molecular formula is C21H30N4O5. The molecule has 1 atom stereocenters. The van der Waals surface area contributed by atoms with E-state index in [1.54, 1.807) is 7.11 Å². The van der Waals surface area contributed by atoms with Crippen LogP contribution in [0.3, 0.4) is 0 Å². The van der Waals surface area contributed by atoms with Gasteiger partial charge in [-0.1, -0.05) is 6.92 Å². The van der Waals surface area contributed by atoms with Crippen molar-refractivity contribution >= 4 is 11.8 Å². The van der Waals surface area contributed by atoms with E-state index in [-0.39, 0.29) is 23.6 Å². The minimum Gasteiger partial charge on any atom is -0.446 e. The monoisotopic (exact) mass is 418 g/mol. The van der Waals surface area contributed by atoms with E-state index in [0.29, 0.717) is 45.1 Å². The third-order valence-corrected chi connectivity index (χ3v) is 5.06. The lowest BCUT2D eigenvalue weighted by atomic mass is 10.2. The second-order valence-corrected chi connectivity index (χ2v) is 7.27. The standard InChI is InChI=1S/C21H30N4O5/c1-3-20(26)25(13-17-7-5-10-29-17)12-16-6-4-9-24(16)14-19-23-18(15-30-19)21(27)22-8-11-28-2/h4,6,9,15,17H,3,5,7-8,10-14H2,1-2H3,(H,22,27). The van der Waals surface area contributed by atoms with E-state index in [0.717, 1.165) is 25.1 Å². The zero-order valence-corrected chi connectivity index (χ0v) is 17.6. The number of oxazole rings is 1. The van der Waals surface area contributed by atoms with Crippen LogP contribution in [0.5, 0.6) is 0 Å². The Morgan fingerprint density at radius 2 is 2.30 bits per heavy atom. The molecule has 0 bridgehead atoms. The van der Waals surface area contributed by atoms with Gasteiger partial charge in [0.05, 0.1) is 25.8 Å². The van der Waals surface area contributed by atoms with E-state index >= 15 is 0 Å². The van der Waals surface area contributed by atoms with Crippen LogP contribution >= 0.6 is 0 Å². The number of hydrogen-bond acceptors (Lipinski definition) is 6. The molecule has 1 aliphatic heterocycles. The summed E-state index contributed by atoms with van der Waals surface area (Å²) < 4.78 is 18.1. The van der Waals surface area contributed by atoms with Crippen molar-refractivity contribution in [1.82, 2.24) is 19.8 Å². The average molecular weight is 418 g/mol. The molecular weight excluding hydrogens is 388 g/mol. The summed E-state index contributed by atoms with van der Waals surface area (Å²) in [6, 6.07) is 3.91. The number of nitrogens with zero attached hydrogens (tertiary/aromatic N) is 3. The molecule has 2 aromatic rings. The number of nitrogens with one attached hydrogen (secondary N) is 1. The van der Waals surface area contributed by atoms with Gasteiger partial charge in [-0.25, -0.2) is 4.98 Å². The molecule has 1 aliphatic rings. The molecule has 2 amide bonds. The maximum Gasteiger partial charge on any atom is 0.273 e. The molecule has 2 aromatic heterocycles. The normalized spacial score (nSPS) is 16.0. The maximum absolute atomic E-state index is 12.5. The second kappa shape index (κ2) is 10.9. The molecule has 3 rings (SSSR count). The molecule has 0 radical (unpaired) electrons. The lowest BCUT2D eigenvalue weighted by Crippen LogP contribution is -2.37. The fraction of sp³-hybridized carbons (Fsp3) is 0.571. The quantitative estimate of drug-likeness (QED) is 0.559. The second-order valence-electron chi connectivity index (χ2n) is 7.27. The van der Waals surface area contributed by atoms with Crippen LogP contribution in [0.2, 0.25) is 0 Å². The topological polar surface area (TPSA) is 98.8 Å². The number of rotatable bonds is 11. The SMILES string of the molecule is CCC(=O)N(Cc1cccn1Cc1nc(C(=O)NCCOC)co1)CC1CCCO1. The van der Waals surface area contributed by atoms with E-state index in [9.17, 15) is 9.59 Å². The summed E-state index contributed by atoms with van der Waals surface area (Å²) >= 11 is 0. The molecule has 1 N–H and O–H groups in total. The number of hydrogen-bond donors (Lipinski definition) is 1. The van der Waals surface area contributed by atoms with Gasteiger partial charge in [0.1, 0.15) is 6.26 Å². The van der Waals surface area contributed by atoms with E-state index in [4.69, 9.17) is 13.9 Å². The van der Waals surface area contributed by atoms with E-state index < -0.39 is 0 Å². The van der Waals surface area contributed by atoms with Gasteiger partial charge in [-0.15, -0.1) is 0 Å². The molecule has 30 heavy (non-hydrogen) atoms. The Morgan fingerprint density at radius 3 is 3.03 bits per heavy atom. The van der Waals surface area contributed by atoms with Crippen molar-refractivity contribution in [3.8, 4) is 0 Å². The largest absolute Gasteiger partial charge is 0.446 e. The average Bonchev–Trinajstić information content (AvgIpc) is 3.50. The van der Waals surface area contributed by atoms with Gasteiger partial charge in [-0.2, -0.15) is 0 Å². The summed E-state index contributed by atoms with van der Waals surface area (Å²) in [5, 5.41) is 2.71. The van der Waals surface area contributed by atoms with Crippen LogP contribution < -0.4 is 5.32 Å². The molecule has 9 heteroatoms. The van der Waals surface area contributed by atoms with Gasteiger partial charge in [-0.05, 0) is 25.0 Å². The highest BCUT2D eigenvalue weighted by Crippen LogP contribution is 2.17. The third-order valence-electron chi connectivity index (χ3n) is 5.06. The zero-order chi connectivity index (χ0) is 21.3. The van der Waals surface area contributed by atoms with Crippen LogP contribution in [0.25, 0.3) is 0 Å². The third kappa shape index (κ3) is 5.93. The fourth-order valence-corrected chi connectivity index (χ4v) is 3.45. The first-order chi connectivity index (χ1) is 14.6. The minimum atomic E-state index is -0.300.